The maximum absolute atomic E-state index is 4.46. The predicted molar refractivity (Wildman–Crippen MR) is 21.8 cm³/mol. The van der Waals surface area contributed by atoms with Gasteiger partial charge in [0.05, 0.1) is 0 Å². The van der Waals surface area contributed by atoms with Crippen molar-refractivity contribution in [3.63, 3.8) is 0 Å². The highest BCUT2D eigenvalue weighted by molar-refractivity contribution is 6.24. The molecule has 0 aromatic heterocycles. The van der Waals surface area contributed by atoms with Gasteiger partial charge in [-0.3, -0.25) is 0 Å². The third-order valence-electron chi connectivity index (χ3n) is 0.236. The molecule has 0 bridgehead atoms. The second-order valence-electron chi connectivity index (χ2n) is 0.558. The first-order chi connectivity index (χ1) is 2.41. The molecular formula is C2H7BNO. The summed E-state index contributed by atoms with van der Waals surface area (Å²) < 4.78 is 4.46. The summed E-state index contributed by atoms with van der Waals surface area (Å²) in [6.07, 6.45) is 0. The summed E-state index contributed by atoms with van der Waals surface area (Å²) in [4.78, 5) is 0. The number of hydroxylamine groups is 1. The van der Waals surface area contributed by atoms with Gasteiger partial charge in [-0.1, -0.05) is 6.82 Å². The minimum atomic E-state index is 1.57. The van der Waals surface area contributed by atoms with Crippen LogP contribution in [0.3, 0.4) is 0 Å². The van der Waals surface area contributed by atoms with Gasteiger partial charge in [0.25, 0.3) is 0 Å². The molecule has 0 atom stereocenters. The van der Waals surface area contributed by atoms with Crippen molar-refractivity contribution in [2.45, 2.75) is 6.82 Å². The minimum Gasteiger partial charge on any atom is -0.370 e. The Balaban J connectivity index is 2.19. The molecule has 29 valence electrons. The van der Waals surface area contributed by atoms with Crippen LogP contribution in [0.15, 0.2) is 0 Å². The van der Waals surface area contributed by atoms with Gasteiger partial charge in [-0.15, -0.1) is 0 Å². The maximum Gasteiger partial charge on any atom is 0.320 e. The normalized spacial score (nSPS) is 7.60. The standard InChI is InChI=1S/C2H7BNO/c1-3-5-4-2/h4H,1-2H3. The Hall–Kier alpha value is -0.0151. The molecule has 2 nitrogen and oxygen atoms in total. The first-order valence-corrected chi connectivity index (χ1v) is 1.52. The van der Waals surface area contributed by atoms with E-state index < -0.39 is 0 Å². The van der Waals surface area contributed by atoms with Crippen molar-refractivity contribution in [2.24, 2.45) is 0 Å². The summed E-state index contributed by atoms with van der Waals surface area (Å²) in [6.45, 7) is 1.80. The smallest absolute Gasteiger partial charge is 0.320 e. The second-order valence-corrected chi connectivity index (χ2v) is 0.558. The fourth-order valence-corrected chi connectivity index (χ4v) is 0.118. The second kappa shape index (κ2) is 3.98. The molecule has 0 aliphatic carbocycles. The van der Waals surface area contributed by atoms with E-state index in [0.29, 0.717) is 0 Å². The van der Waals surface area contributed by atoms with Crippen LogP contribution in [0, 0.1) is 0 Å². The molecule has 3 heteroatoms. The Labute approximate surface area is 32.7 Å². The van der Waals surface area contributed by atoms with Gasteiger partial charge in [0.15, 0.2) is 0 Å². The lowest BCUT2D eigenvalue weighted by Crippen LogP contribution is -2.07. The summed E-state index contributed by atoms with van der Waals surface area (Å²) in [5.74, 6) is 0. The number of hydrogen-bond donors (Lipinski definition) is 1. The molecule has 0 saturated carbocycles. The average molecular weight is 71.9 g/mol. The lowest BCUT2D eigenvalue weighted by molar-refractivity contribution is 0.239. The minimum absolute atomic E-state index is 1.57. The van der Waals surface area contributed by atoms with Gasteiger partial charge in [0.1, 0.15) is 0 Å². The SMILES string of the molecule is C[B]ONC. The molecule has 1 radical (unpaired) electrons. The summed E-state index contributed by atoms with van der Waals surface area (Å²) >= 11 is 0. The van der Waals surface area contributed by atoms with E-state index in [2.05, 4.69) is 10.2 Å². The van der Waals surface area contributed by atoms with Crippen LogP contribution in [-0.4, -0.2) is 14.5 Å². The molecule has 0 aromatic carbocycles. The quantitative estimate of drug-likeness (QED) is 0.360. The lowest BCUT2D eigenvalue weighted by Gasteiger charge is -1.87. The molecule has 0 saturated heterocycles. The summed E-state index contributed by atoms with van der Waals surface area (Å²) in [6, 6.07) is 0. The summed E-state index contributed by atoms with van der Waals surface area (Å²) in [5, 5.41) is 0. The van der Waals surface area contributed by atoms with Crippen molar-refractivity contribution in [1.82, 2.24) is 5.48 Å². The zero-order chi connectivity index (χ0) is 4.12. The van der Waals surface area contributed by atoms with E-state index >= 15 is 0 Å². The highest BCUT2D eigenvalue weighted by Crippen LogP contribution is 1.49. The number of hydrogen-bond acceptors (Lipinski definition) is 2. The fraction of sp³-hybridized carbons (Fsp3) is 1.00. The van der Waals surface area contributed by atoms with Crippen LogP contribution < -0.4 is 5.48 Å². The van der Waals surface area contributed by atoms with Crippen LogP contribution in [0.25, 0.3) is 0 Å². The van der Waals surface area contributed by atoms with Gasteiger partial charge in [-0.05, 0) is 0 Å². The van der Waals surface area contributed by atoms with E-state index in [0.717, 1.165) is 0 Å². The van der Waals surface area contributed by atoms with E-state index in [9.17, 15) is 0 Å². The molecule has 1 N–H and O–H groups in total. The van der Waals surface area contributed by atoms with Crippen molar-refractivity contribution < 1.29 is 4.76 Å². The van der Waals surface area contributed by atoms with E-state index in [1.165, 1.54) is 0 Å². The Morgan fingerprint density at radius 2 is 2.40 bits per heavy atom. The molecule has 0 heterocycles. The largest absolute Gasteiger partial charge is 0.370 e. The summed E-state index contributed by atoms with van der Waals surface area (Å²) in [7, 11) is 3.28. The highest BCUT2D eigenvalue weighted by atomic mass is 16.6. The van der Waals surface area contributed by atoms with Gasteiger partial charge in [0.2, 0.25) is 0 Å². The molecule has 0 spiro atoms. The third-order valence-corrected chi connectivity index (χ3v) is 0.236. The van der Waals surface area contributed by atoms with Crippen LogP contribution in [-0.2, 0) is 4.76 Å². The maximum atomic E-state index is 4.46. The van der Waals surface area contributed by atoms with E-state index in [-0.39, 0.29) is 0 Å². The monoisotopic (exact) mass is 72.1 g/mol. The van der Waals surface area contributed by atoms with Crippen molar-refractivity contribution in [3.8, 4) is 0 Å². The lowest BCUT2D eigenvalue weighted by atomic mass is 10.1. The Kier molecular flexibility index (Phi) is 3.97. The van der Waals surface area contributed by atoms with Gasteiger partial charge >= 0.3 is 7.48 Å². The highest BCUT2D eigenvalue weighted by Gasteiger charge is 1.68. The summed E-state index contributed by atoms with van der Waals surface area (Å²) in [5.41, 5.74) is 2.46. The van der Waals surface area contributed by atoms with Gasteiger partial charge < -0.3 is 4.76 Å². The van der Waals surface area contributed by atoms with Crippen molar-refractivity contribution >= 4 is 7.48 Å². The number of nitrogens with one attached hydrogen (secondary N) is 1. The predicted octanol–water partition coefficient (Wildman–Crippen LogP) is -0.195. The van der Waals surface area contributed by atoms with Crippen molar-refractivity contribution in [2.75, 3.05) is 7.05 Å². The molecule has 0 rings (SSSR count). The fourth-order valence-electron chi connectivity index (χ4n) is 0.118. The van der Waals surface area contributed by atoms with Crippen LogP contribution in [0.2, 0.25) is 6.82 Å². The first-order valence-electron chi connectivity index (χ1n) is 1.52. The van der Waals surface area contributed by atoms with Crippen LogP contribution in [0.1, 0.15) is 0 Å². The number of rotatable bonds is 2. The average Bonchev–Trinajstić information content (AvgIpc) is 1.41. The molecule has 0 amide bonds. The molecule has 0 unspecified atom stereocenters. The van der Waals surface area contributed by atoms with E-state index in [4.69, 9.17) is 0 Å². The molecule has 0 fully saturated rings. The van der Waals surface area contributed by atoms with Gasteiger partial charge in [-0.25, -0.2) is 5.48 Å². The molecule has 0 aliphatic rings. The Morgan fingerprint density at radius 3 is 2.40 bits per heavy atom. The Bertz CT molecular complexity index is 17.1. The molecular weight excluding hydrogens is 64.8 g/mol. The van der Waals surface area contributed by atoms with Crippen molar-refractivity contribution in [3.05, 3.63) is 0 Å². The first kappa shape index (κ1) is 4.98. The molecule has 5 heavy (non-hydrogen) atoms. The molecule has 0 aliphatic heterocycles. The third kappa shape index (κ3) is 3.98. The van der Waals surface area contributed by atoms with Crippen LogP contribution in [0.4, 0.5) is 0 Å². The van der Waals surface area contributed by atoms with Crippen LogP contribution >= 0.6 is 0 Å². The van der Waals surface area contributed by atoms with E-state index in [1.54, 1.807) is 21.4 Å². The topological polar surface area (TPSA) is 21.3 Å². The Morgan fingerprint density at radius 1 is 1.80 bits per heavy atom. The molecule has 0 aromatic rings. The van der Waals surface area contributed by atoms with Crippen LogP contribution in [0.5, 0.6) is 0 Å². The van der Waals surface area contributed by atoms with Gasteiger partial charge in [0, 0.05) is 7.05 Å². The van der Waals surface area contributed by atoms with Crippen molar-refractivity contribution in [1.29, 1.82) is 0 Å². The zero-order valence-corrected chi connectivity index (χ0v) is 3.49. The van der Waals surface area contributed by atoms with E-state index in [1.807, 2.05) is 0 Å². The van der Waals surface area contributed by atoms with Gasteiger partial charge in [-0.2, -0.15) is 0 Å². The zero-order valence-electron chi connectivity index (χ0n) is 3.49.